The zero-order chi connectivity index (χ0) is 13.8. The van der Waals surface area contributed by atoms with Crippen LogP contribution in [0.5, 0.6) is 11.8 Å². The minimum Gasteiger partial charge on any atom is -0.480 e. The lowest BCUT2D eigenvalue weighted by molar-refractivity contribution is 0.202. The first-order chi connectivity index (χ1) is 9.15. The molecule has 0 aliphatic heterocycles. The van der Waals surface area contributed by atoms with Gasteiger partial charge in [0.25, 0.3) is 0 Å². The second kappa shape index (κ2) is 5.62. The molecule has 19 heavy (non-hydrogen) atoms. The normalized spacial score (nSPS) is 12.0. The van der Waals surface area contributed by atoms with Gasteiger partial charge in [-0.2, -0.15) is 4.98 Å². The molecule has 0 aliphatic rings. The maximum absolute atomic E-state index is 10.3. The van der Waals surface area contributed by atoms with Crippen LogP contribution in [0.3, 0.4) is 0 Å². The quantitative estimate of drug-likeness (QED) is 0.893. The van der Waals surface area contributed by atoms with Gasteiger partial charge in [-0.15, -0.1) is 0 Å². The van der Waals surface area contributed by atoms with Crippen molar-refractivity contribution in [2.75, 3.05) is 14.2 Å². The number of aliphatic hydroxyl groups excluding tert-OH is 1. The molecule has 0 radical (unpaired) electrons. The van der Waals surface area contributed by atoms with Gasteiger partial charge in [0.15, 0.2) is 0 Å². The van der Waals surface area contributed by atoms with Crippen LogP contribution in [-0.4, -0.2) is 34.3 Å². The Morgan fingerprint density at radius 1 is 1.21 bits per heavy atom. The molecular weight excluding hydrogens is 246 g/mol. The summed E-state index contributed by atoms with van der Waals surface area (Å²) in [7, 11) is 2.95. The van der Waals surface area contributed by atoms with Crippen molar-refractivity contribution in [1.29, 1.82) is 0 Å². The molecule has 2 rings (SSSR count). The number of aryl methyl sites for hydroxylation is 1. The number of ether oxygens (including phenoxy) is 2. The topological polar surface area (TPSA) is 77.4 Å². The summed E-state index contributed by atoms with van der Waals surface area (Å²) in [5, 5.41) is 10.3. The third-order valence-corrected chi connectivity index (χ3v) is 2.62. The third-order valence-electron chi connectivity index (χ3n) is 2.62. The molecule has 2 aromatic rings. The summed E-state index contributed by atoms with van der Waals surface area (Å²) in [5.74, 6) is 0.542. The Balaban J connectivity index is 2.40. The van der Waals surface area contributed by atoms with E-state index in [2.05, 4.69) is 15.0 Å². The Labute approximate surface area is 111 Å². The maximum atomic E-state index is 10.3. The molecule has 0 saturated carbocycles. The smallest absolute Gasteiger partial charge is 0.241 e. The zero-order valence-electron chi connectivity index (χ0n) is 11.0. The lowest BCUT2D eigenvalue weighted by atomic mass is 10.1. The highest BCUT2D eigenvalue weighted by molar-refractivity contribution is 5.30. The molecule has 6 heteroatoms. The fraction of sp³-hybridized carbons (Fsp3) is 0.308. The lowest BCUT2D eigenvalue weighted by Crippen LogP contribution is -2.08. The third kappa shape index (κ3) is 2.79. The fourth-order valence-electron chi connectivity index (χ4n) is 1.65. The summed E-state index contributed by atoms with van der Waals surface area (Å²) in [6.07, 6.45) is 2.07. The Morgan fingerprint density at radius 3 is 2.63 bits per heavy atom. The van der Waals surface area contributed by atoms with Crippen LogP contribution in [0, 0.1) is 6.92 Å². The second-order valence-electron chi connectivity index (χ2n) is 3.97. The van der Waals surface area contributed by atoms with Crippen molar-refractivity contribution in [2.45, 2.75) is 13.0 Å². The van der Waals surface area contributed by atoms with Crippen LogP contribution in [0.4, 0.5) is 0 Å². The minimum absolute atomic E-state index is 0.218. The average molecular weight is 261 g/mol. The molecule has 0 fully saturated rings. The maximum Gasteiger partial charge on any atom is 0.241 e. The van der Waals surface area contributed by atoms with E-state index >= 15 is 0 Å². The first-order valence-corrected chi connectivity index (χ1v) is 5.71. The molecule has 0 aliphatic carbocycles. The van der Waals surface area contributed by atoms with Gasteiger partial charge in [-0.1, -0.05) is 0 Å². The van der Waals surface area contributed by atoms with E-state index in [4.69, 9.17) is 9.47 Å². The van der Waals surface area contributed by atoms with Crippen molar-refractivity contribution in [3.05, 3.63) is 41.5 Å². The van der Waals surface area contributed by atoms with Crippen LogP contribution >= 0.6 is 0 Å². The van der Waals surface area contributed by atoms with E-state index in [1.54, 1.807) is 12.3 Å². The van der Waals surface area contributed by atoms with Gasteiger partial charge in [0, 0.05) is 6.20 Å². The number of hydrogen-bond donors (Lipinski definition) is 1. The first-order valence-electron chi connectivity index (χ1n) is 5.71. The monoisotopic (exact) mass is 261 g/mol. The molecule has 1 N–H and O–H groups in total. The number of rotatable bonds is 4. The van der Waals surface area contributed by atoms with Crippen molar-refractivity contribution >= 4 is 0 Å². The molecule has 0 saturated heterocycles. The van der Waals surface area contributed by atoms with Crippen LogP contribution in [-0.2, 0) is 0 Å². The lowest BCUT2D eigenvalue weighted by Gasteiger charge is -2.13. The molecule has 0 spiro atoms. The molecule has 100 valence electrons. The summed E-state index contributed by atoms with van der Waals surface area (Å²) < 4.78 is 10.1. The number of hydrogen-bond acceptors (Lipinski definition) is 6. The van der Waals surface area contributed by atoms with Crippen molar-refractivity contribution in [2.24, 2.45) is 0 Å². The predicted molar refractivity (Wildman–Crippen MR) is 68.2 cm³/mol. The predicted octanol–water partition coefficient (Wildman–Crippen LogP) is 1.28. The molecule has 6 nitrogen and oxygen atoms in total. The van der Waals surface area contributed by atoms with E-state index in [-0.39, 0.29) is 5.88 Å². The Kier molecular flexibility index (Phi) is 3.91. The highest BCUT2D eigenvalue weighted by Gasteiger charge is 2.20. The Bertz CT molecular complexity index is 575. The molecule has 2 aromatic heterocycles. The number of nitrogens with zero attached hydrogens (tertiary/aromatic N) is 3. The van der Waals surface area contributed by atoms with Crippen LogP contribution in [0.1, 0.15) is 23.1 Å². The van der Waals surface area contributed by atoms with Gasteiger partial charge in [0.2, 0.25) is 11.8 Å². The molecule has 0 bridgehead atoms. The molecule has 2 heterocycles. The fourth-order valence-corrected chi connectivity index (χ4v) is 1.65. The van der Waals surface area contributed by atoms with Crippen molar-refractivity contribution in [3.8, 4) is 11.8 Å². The van der Waals surface area contributed by atoms with Gasteiger partial charge in [-0.3, -0.25) is 4.98 Å². The SMILES string of the molecule is COc1cnc(C(O)c2cc(C)ccn2)c(OC)n1. The summed E-state index contributed by atoms with van der Waals surface area (Å²) >= 11 is 0. The summed E-state index contributed by atoms with van der Waals surface area (Å²) in [6, 6.07) is 3.64. The van der Waals surface area contributed by atoms with E-state index in [9.17, 15) is 5.11 Å². The first kappa shape index (κ1) is 13.2. The highest BCUT2D eigenvalue weighted by Crippen LogP contribution is 2.27. The van der Waals surface area contributed by atoms with Gasteiger partial charge >= 0.3 is 0 Å². The van der Waals surface area contributed by atoms with E-state index in [1.165, 1.54) is 20.4 Å². The highest BCUT2D eigenvalue weighted by atomic mass is 16.5. The summed E-state index contributed by atoms with van der Waals surface area (Å²) in [5.41, 5.74) is 1.81. The second-order valence-corrected chi connectivity index (χ2v) is 3.97. The molecular formula is C13H15N3O3. The number of pyridine rings is 1. The summed E-state index contributed by atoms with van der Waals surface area (Å²) in [4.78, 5) is 12.3. The van der Waals surface area contributed by atoms with Gasteiger partial charge in [0.1, 0.15) is 11.8 Å². The number of aliphatic hydroxyl groups is 1. The minimum atomic E-state index is -0.992. The van der Waals surface area contributed by atoms with Crippen molar-refractivity contribution in [3.63, 3.8) is 0 Å². The molecule has 0 aromatic carbocycles. The average Bonchev–Trinajstić information content (AvgIpc) is 2.45. The van der Waals surface area contributed by atoms with Crippen LogP contribution in [0.15, 0.2) is 24.5 Å². The zero-order valence-corrected chi connectivity index (χ0v) is 11.0. The van der Waals surface area contributed by atoms with E-state index in [0.717, 1.165) is 5.56 Å². The van der Waals surface area contributed by atoms with Crippen LogP contribution < -0.4 is 9.47 Å². The largest absolute Gasteiger partial charge is 0.480 e. The van der Waals surface area contributed by atoms with Gasteiger partial charge in [0.05, 0.1) is 26.1 Å². The Morgan fingerprint density at radius 2 is 2.00 bits per heavy atom. The van der Waals surface area contributed by atoms with E-state index < -0.39 is 6.10 Å². The van der Waals surface area contributed by atoms with Crippen LogP contribution in [0.2, 0.25) is 0 Å². The number of aromatic nitrogens is 3. The van der Waals surface area contributed by atoms with E-state index in [0.29, 0.717) is 17.3 Å². The van der Waals surface area contributed by atoms with Gasteiger partial charge in [-0.05, 0) is 24.6 Å². The van der Waals surface area contributed by atoms with Gasteiger partial charge in [-0.25, -0.2) is 4.98 Å². The van der Waals surface area contributed by atoms with Gasteiger partial charge < -0.3 is 14.6 Å². The Hall–Kier alpha value is -2.21. The van der Waals surface area contributed by atoms with Crippen molar-refractivity contribution < 1.29 is 14.6 Å². The summed E-state index contributed by atoms with van der Waals surface area (Å²) in [6.45, 7) is 1.93. The van der Waals surface area contributed by atoms with E-state index in [1.807, 2.05) is 13.0 Å². The number of methoxy groups -OCH3 is 2. The molecule has 1 atom stereocenters. The van der Waals surface area contributed by atoms with Crippen molar-refractivity contribution in [1.82, 2.24) is 15.0 Å². The molecule has 0 amide bonds. The standard InChI is InChI=1S/C13H15N3O3/c1-8-4-5-14-9(6-8)12(17)11-13(19-3)16-10(18-2)7-15-11/h4-7,12,17H,1-3H3. The molecule has 1 unspecified atom stereocenters. The van der Waals surface area contributed by atoms with Crippen LogP contribution in [0.25, 0.3) is 0 Å².